The first kappa shape index (κ1) is 18.2. The molecule has 2 aromatic carbocycles. The second-order valence-electron chi connectivity index (χ2n) is 6.36. The van der Waals surface area contributed by atoms with Gasteiger partial charge in [-0.1, -0.05) is 30.3 Å². The largest absolute Gasteiger partial charge is 0.673 e. The van der Waals surface area contributed by atoms with Crippen LogP contribution in [0.15, 0.2) is 48.5 Å². The Bertz CT molecular complexity index is 758. The van der Waals surface area contributed by atoms with E-state index in [2.05, 4.69) is 80.9 Å². The van der Waals surface area contributed by atoms with E-state index >= 15 is 0 Å². The van der Waals surface area contributed by atoms with Crippen LogP contribution in [0.1, 0.15) is 26.3 Å². The number of halogens is 4. The molecule has 0 bridgehead atoms. The van der Waals surface area contributed by atoms with Crippen LogP contribution in [0.2, 0.25) is 0 Å². The van der Waals surface area contributed by atoms with Crippen LogP contribution in [-0.2, 0) is 5.41 Å². The van der Waals surface area contributed by atoms with Crippen molar-refractivity contribution in [2.45, 2.75) is 26.2 Å². The molecule has 0 fully saturated rings. The van der Waals surface area contributed by atoms with Gasteiger partial charge in [0.15, 0.2) is 5.71 Å². The summed E-state index contributed by atoms with van der Waals surface area (Å²) in [6.45, 7) is 6.83. The summed E-state index contributed by atoms with van der Waals surface area (Å²) in [5.74, 6) is 0. The van der Waals surface area contributed by atoms with Crippen LogP contribution < -0.4 is 0 Å². The van der Waals surface area contributed by atoms with Crippen molar-refractivity contribution in [2.24, 2.45) is 0 Å². The van der Waals surface area contributed by atoms with Gasteiger partial charge in [-0.3, -0.25) is 0 Å². The van der Waals surface area contributed by atoms with E-state index < -0.39 is 7.25 Å². The lowest BCUT2D eigenvalue weighted by atomic mass is 9.81. The molecule has 2 aromatic rings. The van der Waals surface area contributed by atoms with E-state index in [0.29, 0.717) is 0 Å². The molecule has 0 spiro atoms. The molecule has 1 nitrogen and oxygen atoms in total. The topological polar surface area (TPSA) is 3.01 Å². The highest BCUT2D eigenvalue weighted by molar-refractivity contribution is 6.50. The highest BCUT2D eigenvalue weighted by Gasteiger charge is 2.41. The first-order valence-corrected chi connectivity index (χ1v) is 7.67. The Labute approximate surface area is 139 Å². The van der Waals surface area contributed by atoms with E-state index in [1.165, 1.54) is 28.1 Å². The molecule has 0 saturated carbocycles. The Morgan fingerprint density at radius 3 is 1.96 bits per heavy atom. The van der Waals surface area contributed by atoms with Gasteiger partial charge < -0.3 is 17.3 Å². The summed E-state index contributed by atoms with van der Waals surface area (Å²) in [4.78, 5) is 0. The second kappa shape index (κ2) is 6.42. The molecule has 128 valence electrons. The smallest absolute Gasteiger partial charge is 0.418 e. The standard InChI is InChI=1S/C18H20N.BF4/c1-13-18(2,3)16-12-15(10-11-17(16)19(13)4)14-8-6-5-7-9-14;2-1(3,4)5/h5-12H,1-4H3;/q+1;-1. The van der Waals surface area contributed by atoms with Gasteiger partial charge in [0.25, 0.3) is 0 Å². The van der Waals surface area contributed by atoms with E-state index in [-0.39, 0.29) is 5.41 Å². The molecule has 1 aliphatic rings. The minimum absolute atomic E-state index is 0.120. The highest BCUT2D eigenvalue weighted by Crippen LogP contribution is 2.40. The van der Waals surface area contributed by atoms with Crippen molar-refractivity contribution in [1.82, 2.24) is 0 Å². The van der Waals surface area contributed by atoms with Gasteiger partial charge in [0.2, 0.25) is 5.69 Å². The summed E-state index contributed by atoms with van der Waals surface area (Å²) in [5.41, 5.74) is 6.88. The molecule has 0 unspecified atom stereocenters. The normalized spacial score (nSPS) is 15.7. The fraction of sp³-hybridized carbons (Fsp3) is 0.278. The minimum Gasteiger partial charge on any atom is -0.418 e. The number of benzene rings is 2. The predicted octanol–water partition coefficient (Wildman–Crippen LogP) is 5.68. The molecule has 0 amide bonds. The molecule has 0 aliphatic carbocycles. The van der Waals surface area contributed by atoms with E-state index in [0.717, 1.165) is 0 Å². The summed E-state index contributed by atoms with van der Waals surface area (Å²) in [6.07, 6.45) is 0. The molecule has 0 N–H and O–H groups in total. The molecule has 6 heteroatoms. The third-order valence-corrected chi connectivity index (χ3v) is 4.55. The van der Waals surface area contributed by atoms with Crippen molar-refractivity contribution >= 4 is 18.7 Å². The molecule has 0 radical (unpaired) electrons. The third kappa shape index (κ3) is 3.86. The number of hydrogen-bond donors (Lipinski definition) is 0. The number of rotatable bonds is 1. The number of hydrogen-bond acceptors (Lipinski definition) is 0. The quantitative estimate of drug-likeness (QED) is 0.358. The van der Waals surface area contributed by atoms with Crippen molar-refractivity contribution in [1.29, 1.82) is 0 Å². The van der Waals surface area contributed by atoms with Crippen molar-refractivity contribution in [2.75, 3.05) is 7.05 Å². The molecular formula is C18H20BF4N. The molecule has 0 saturated heterocycles. The van der Waals surface area contributed by atoms with Crippen LogP contribution >= 0.6 is 0 Å². The fourth-order valence-electron chi connectivity index (χ4n) is 2.93. The molecule has 0 atom stereocenters. The van der Waals surface area contributed by atoms with Gasteiger partial charge >= 0.3 is 7.25 Å². The van der Waals surface area contributed by atoms with E-state index in [4.69, 9.17) is 0 Å². The van der Waals surface area contributed by atoms with Crippen LogP contribution in [0.3, 0.4) is 0 Å². The zero-order valence-corrected chi connectivity index (χ0v) is 14.2. The summed E-state index contributed by atoms with van der Waals surface area (Å²) in [7, 11) is -3.84. The van der Waals surface area contributed by atoms with Crippen LogP contribution in [0.4, 0.5) is 23.0 Å². The third-order valence-electron chi connectivity index (χ3n) is 4.55. The first-order chi connectivity index (χ1) is 11.0. The fourth-order valence-corrected chi connectivity index (χ4v) is 2.93. The van der Waals surface area contributed by atoms with Crippen LogP contribution in [0.5, 0.6) is 0 Å². The van der Waals surface area contributed by atoms with Crippen molar-refractivity contribution in [3.8, 4) is 11.1 Å². The SMILES string of the molecule is CC1=[N+](C)c2ccc(-c3ccccc3)cc2C1(C)C.F[B-](F)(F)F. The summed E-state index contributed by atoms with van der Waals surface area (Å²) >= 11 is 0. The zero-order chi connectivity index (χ0) is 18.1. The lowest BCUT2D eigenvalue weighted by Crippen LogP contribution is -2.25. The van der Waals surface area contributed by atoms with Gasteiger partial charge in [0, 0.05) is 18.6 Å². The Kier molecular flexibility index (Phi) is 4.88. The summed E-state index contributed by atoms with van der Waals surface area (Å²) in [5, 5.41) is 0. The number of fused-ring (bicyclic) bond motifs is 1. The van der Waals surface area contributed by atoms with Crippen LogP contribution in [-0.4, -0.2) is 24.6 Å². The average Bonchev–Trinajstić information content (AvgIpc) is 2.67. The van der Waals surface area contributed by atoms with Crippen LogP contribution in [0.25, 0.3) is 11.1 Å². The van der Waals surface area contributed by atoms with Gasteiger partial charge in [0.05, 0.1) is 5.41 Å². The Balaban J connectivity index is 0.000000368. The van der Waals surface area contributed by atoms with E-state index in [1.807, 2.05) is 0 Å². The summed E-state index contributed by atoms with van der Waals surface area (Å²) in [6, 6.07) is 17.4. The Morgan fingerprint density at radius 2 is 1.42 bits per heavy atom. The van der Waals surface area contributed by atoms with Gasteiger partial charge in [-0.25, -0.2) is 4.58 Å². The van der Waals surface area contributed by atoms with Crippen molar-refractivity contribution in [3.63, 3.8) is 0 Å². The zero-order valence-electron chi connectivity index (χ0n) is 14.2. The number of nitrogens with zero attached hydrogens (tertiary/aromatic N) is 1. The van der Waals surface area contributed by atoms with E-state index in [1.54, 1.807) is 0 Å². The van der Waals surface area contributed by atoms with Gasteiger partial charge in [-0.15, -0.1) is 0 Å². The lowest BCUT2D eigenvalue weighted by molar-refractivity contribution is -0.403. The maximum Gasteiger partial charge on any atom is 0.673 e. The summed E-state index contributed by atoms with van der Waals surface area (Å²) < 4.78 is 41.3. The molecular weight excluding hydrogens is 317 g/mol. The molecule has 3 rings (SSSR count). The Morgan fingerprint density at radius 1 is 0.875 bits per heavy atom. The van der Waals surface area contributed by atoms with E-state index in [9.17, 15) is 17.3 Å². The lowest BCUT2D eigenvalue weighted by Gasteiger charge is -2.15. The Hall–Kier alpha value is -2.11. The predicted molar refractivity (Wildman–Crippen MR) is 91.6 cm³/mol. The highest BCUT2D eigenvalue weighted by atomic mass is 19.5. The maximum atomic E-state index is 9.75. The van der Waals surface area contributed by atoms with Crippen molar-refractivity contribution < 1.29 is 21.8 Å². The van der Waals surface area contributed by atoms with Gasteiger partial charge in [-0.05, 0) is 37.1 Å². The molecule has 1 aliphatic heterocycles. The monoisotopic (exact) mass is 337 g/mol. The van der Waals surface area contributed by atoms with Crippen molar-refractivity contribution in [3.05, 3.63) is 54.1 Å². The maximum absolute atomic E-state index is 9.75. The van der Waals surface area contributed by atoms with Gasteiger partial charge in [-0.2, -0.15) is 0 Å². The molecule has 1 heterocycles. The molecule has 24 heavy (non-hydrogen) atoms. The minimum atomic E-state index is -6.00. The van der Waals surface area contributed by atoms with Crippen LogP contribution in [0, 0.1) is 0 Å². The molecule has 0 aromatic heterocycles. The van der Waals surface area contributed by atoms with Gasteiger partial charge in [0.1, 0.15) is 7.05 Å². The average molecular weight is 337 g/mol. The first-order valence-electron chi connectivity index (χ1n) is 7.67. The second-order valence-corrected chi connectivity index (χ2v) is 6.36.